The zero-order valence-corrected chi connectivity index (χ0v) is 12.4. The Morgan fingerprint density at radius 2 is 1.90 bits per heavy atom. The Bertz CT molecular complexity index is 592. The van der Waals surface area contributed by atoms with Crippen LogP contribution >= 0.6 is 0 Å². The minimum atomic E-state index is -0.494. The lowest BCUT2D eigenvalue weighted by atomic mass is 9.97. The molecule has 0 unspecified atom stereocenters. The first kappa shape index (κ1) is 14.3. The average Bonchev–Trinajstić information content (AvgIpc) is 2.76. The van der Waals surface area contributed by atoms with E-state index in [-0.39, 0.29) is 5.97 Å². The van der Waals surface area contributed by atoms with Gasteiger partial charge >= 0.3 is 5.97 Å². The summed E-state index contributed by atoms with van der Waals surface area (Å²) in [4.78, 5) is 16.1. The summed E-state index contributed by atoms with van der Waals surface area (Å²) >= 11 is 0. The predicted octanol–water partition coefficient (Wildman–Crippen LogP) is 2.96. The fourth-order valence-electron chi connectivity index (χ4n) is 1.68. The zero-order chi connectivity index (χ0) is 14.8. The van der Waals surface area contributed by atoms with Crippen LogP contribution in [0.15, 0.2) is 36.7 Å². The van der Waals surface area contributed by atoms with Crippen LogP contribution in [-0.4, -0.2) is 15.5 Å². The number of aryl methyl sites for hydroxylation is 1. The Morgan fingerprint density at radius 3 is 2.40 bits per heavy atom. The fourth-order valence-corrected chi connectivity index (χ4v) is 1.68. The summed E-state index contributed by atoms with van der Waals surface area (Å²) in [6.45, 7) is 5.51. The van der Waals surface area contributed by atoms with E-state index in [9.17, 15) is 4.79 Å². The Morgan fingerprint density at radius 1 is 1.25 bits per heavy atom. The third kappa shape index (κ3) is 3.47. The quantitative estimate of drug-likeness (QED) is 0.637. The second kappa shape index (κ2) is 5.49. The Balaban J connectivity index is 2.04. The molecule has 1 aromatic carbocycles. The second-order valence-electron chi connectivity index (χ2n) is 5.91. The summed E-state index contributed by atoms with van der Waals surface area (Å²) in [6.07, 6.45) is 4.47. The number of benzene rings is 1. The van der Waals surface area contributed by atoms with Gasteiger partial charge in [-0.15, -0.1) is 0 Å². The van der Waals surface area contributed by atoms with Gasteiger partial charge in [-0.3, -0.25) is 4.79 Å². The van der Waals surface area contributed by atoms with Gasteiger partial charge in [-0.1, -0.05) is 12.1 Å². The Hall–Kier alpha value is -2.10. The first-order valence-electron chi connectivity index (χ1n) is 6.64. The van der Waals surface area contributed by atoms with Gasteiger partial charge in [-0.25, -0.2) is 4.98 Å². The summed E-state index contributed by atoms with van der Waals surface area (Å²) in [6, 6.07) is 7.56. The van der Waals surface area contributed by atoms with Gasteiger partial charge in [-0.2, -0.15) is 0 Å². The largest absolute Gasteiger partial charge is 0.426 e. The molecule has 1 heterocycles. The molecular formula is C16H20N2O2. The molecule has 0 aliphatic carbocycles. The van der Waals surface area contributed by atoms with Gasteiger partial charge in [0.2, 0.25) is 0 Å². The molecule has 0 bridgehead atoms. The summed E-state index contributed by atoms with van der Waals surface area (Å²) in [5.41, 5.74) is 0.640. The number of nitrogens with zero attached hydrogens (tertiary/aromatic N) is 2. The van der Waals surface area contributed by atoms with Gasteiger partial charge < -0.3 is 9.30 Å². The topological polar surface area (TPSA) is 44.1 Å². The molecule has 0 atom stereocenters. The molecule has 0 amide bonds. The van der Waals surface area contributed by atoms with Crippen LogP contribution in [-0.2, 0) is 18.3 Å². The molecule has 0 aliphatic rings. The number of aromatic nitrogens is 2. The molecule has 0 saturated heterocycles. The van der Waals surface area contributed by atoms with Gasteiger partial charge in [0, 0.05) is 25.9 Å². The van der Waals surface area contributed by atoms with Crippen molar-refractivity contribution in [1.82, 2.24) is 9.55 Å². The number of ether oxygens (including phenoxy) is 1. The number of carbonyl (C=O) groups is 1. The first-order chi connectivity index (χ1) is 9.36. The van der Waals surface area contributed by atoms with Crippen LogP contribution in [0.1, 0.15) is 32.2 Å². The molecule has 0 radical (unpaired) electrons. The van der Waals surface area contributed by atoms with Gasteiger partial charge in [-0.05, 0) is 38.5 Å². The molecule has 0 N–H and O–H groups in total. The number of hydrogen-bond acceptors (Lipinski definition) is 3. The third-order valence-electron chi connectivity index (χ3n) is 3.03. The molecule has 0 spiro atoms. The molecule has 0 fully saturated rings. The normalized spacial score (nSPS) is 11.4. The maximum Gasteiger partial charge on any atom is 0.316 e. The molecule has 4 nitrogen and oxygen atoms in total. The second-order valence-corrected chi connectivity index (χ2v) is 5.91. The smallest absolute Gasteiger partial charge is 0.316 e. The maximum atomic E-state index is 11.8. The lowest BCUT2D eigenvalue weighted by Gasteiger charge is -2.16. The van der Waals surface area contributed by atoms with Crippen molar-refractivity contribution in [3.05, 3.63) is 48.0 Å². The van der Waals surface area contributed by atoms with E-state index < -0.39 is 5.41 Å². The molecule has 0 aliphatic heterocycles. The monoisotopic (exact) mass is 272 g/mol. The van der Waals surface area contributed by atoms with E-state index >= 15 is 0 Å². The minimum absolute atomic E-state index is 0.227. The highest BCUT2D eigenvalue weighted by molar-refractivity contribution is 5.77. The third-order valence-corrected chi connectivity index (χ3v) is 3.03. The number of hydrogen-bond donors (Lipinski definition) is 0. The van der Waals surface area contributed by atoms with Gasteiger partial charge in [0.05, 0.1) is 5.41 Å². The van der Waals surface area contributed by atoms with E-state index in [4.69, 9.17) is 4.74 Å². The Kier molecular flexibility index (Phi) is 3.93. The lowest BCUT2D eigenvalue weighted by molar-refractivity contribution is -0.142. The summed E-state index contributed by atoms with van der Waals surface area (Å²) in [5.74, 6) is 1.35. The minimum Gasteiger partial charge on any atom is -0.426 e. The van der Waals surface area contributed by atoms with Crippen molar-refractivity contribution in [2.45, 2.75) is 27.2 Å². The number of imidazole rings is 1. The van der Waals surface area contributed by atoms with Crippen LogP contribution in [0.3, 0.4) is 0 Å². The van der Waals surface area contributed by atoms with E-state index in [1.807, 2.05) is 62.8 Å². The van der Waals surface area contributed by atoms with Crippen LogP contribution in [0, 0.1) is 5.41 Å². The first-order valence-corrected chi connectivity index (χ1v) is 6.64. The van der Waals surface area contributed by atoms with Crippen molar-refractivity contribution in [3.63, 3.8) is 0 Å². The maximum absolute atomic E-state index is 11.8. The van der Waals surface area contributed by atoms with Crippen molar-refractivity contribution in [1.29, 1.82) is 0 Å². The zero-order valence-electron chi connectivity index (χ0n) is 12.4. The van der Waals surface area contributed by atoms with E-state index in [2.05, 4.69) is 4.98 Å². The van der Waals surface area contributed by atoms with E-state index in [0.717, 1.165) is 17.8 Å². The van der Waals surface area contributed by atoms with Crippen LogP contribution in [0.5, 0.6) is 5.75 Å². The highest BCUT2D eigenvalue weighted by atomic mass is 16.5. The van der Waals surface area contributed by atoms with Gasteiger partial charge in [0.15, 0.2) is 0 Å². The van der Waals surface area contributed by atoms with Crippen molar-refractivity contribution in [2.75, 3.05) is 0 Å². The molecule has 4 heteroatoms. The van der Waals surface area contributed by atoms with Crippen molar-refractivity contribution < 1.29 is 9.53 Å². The van der Waals surface area contributed by atoms with Crippen LogP contribution in [0.25, 0.3) is 0 Å². The average molecular weight is 272 g/mol. The Labute approximate surface area is 119 Å². The van der Waals surface area contributed by atoms with Crippen LogP contribution in [0.4, 0.5) is 0 Å². The number of carbonyl (C=O) groups excluding carboxylic acids is 1. The highest BCUT2D eigenvalue weighted by Gasteiger charge is 2.23. The van der Waals surface area contributed by atoms with Gasteiger partial charge in [0.25, 0.3) is 0 Å². The SMILES string of the molecule is Cn1ccnc1Cc1ccc(OC(=O)C(C)(C)C)cc1. The molecule has 0 saturated carbocycles. The van der Waals surface area contributed by atoms with Crippen LogP contribution in [0.2, 0.25) is 0 Å². The lowest BCUT2D eigenvalue weighted by Crippen LogP contribution is -2.25. The molecule has 2 rings (SSSR count). The van der Waals surface area contributed by atoms with Gasteiger partial charge in [0.1, 0.15) is 11.6 Å². The summed E-state index contributed by atoms with van der Waals surface area (Å²) < 4.78 is 7.33. The van der Waals surface area contributed by atoms with Crippen molar-refractivity contribution >= 4 is 5.97 Å². The summed E-state index contributed by atoms with van der Waals surface area (Å²) in [5, 5.41) is 0. The standard InChI is InChI=1S/C16H20N2O2/c1-16(2,3)15(19)20-13-7-5-12(6-8-13)11-14-17-9-10-18(14)4/h5-10H,11H2,1-4H3. The molecule has 1 aromatic heterocycles. The molecule has 106 valence electrons. The fraction of sp³-hybridized carbons (Fsp3) is 0.375. The number of esters is 1. The van der Waals surface area contributed by atoms with E-state index in [0.29, 0.717) is 5.75 Å². The van der Waals surface area contributed by atoms with Crippen LogP contribution < -0.4 is 4.74 Å². The summed E-state index contributed by atoms with van der Waals surface area (Å²) in [7, 11) is 1.97. The van der Waals surface area contributed by atoms with Crippen molar-refractivity contribution in [2.24, 2.45) is 12.5 Å². The predicted molar refractivity (Wildman–Crippen MR) is 77.5 cm³/mol. The van der Waals surface area contributed by atoms with Crippen molar-refractivity contribution in [3.8, 4) is 5.75 Å². The van der Waals surface area contributed by atoms with E-state index in [1.54, 1.807) is 6.20 Å². The highest BCUT2D eigenvalue weighted by Crippen LogP contribution is 2.20. The number of rotatable bonds is 3. The molecule has 20 heavy (non-hydrogen) atoms. The molecule has 2 aromatic rings. The molecular weight excluding hydrogens is 252 g/mol. The van der Waals surface area contributed by atoms with E-state index in [1.165, 1.54) is 0 Å².